The van der Waals surface area contributed by atoms with Crippen LogP contribution < -0.4 is 10.6 Å². The third-order valence-corrected chi connectivity index (χ3v) is 5.09. The van der Waals surface area contributed by atoms with Crippen LogP contribution in [0.25, 0.3) is 0 Å². The summed E-state index contributed by atoms with van der Waals surface area (Å²) < 4.78 is 36.3. The zero-order valence-corrected chi connectivity index (χ0v) is 11.1. The third-order valence-electron chi connectivity index (χ3n) is 3.34. The number of rotatable bonds is 3. The molecule has 0 saturated carbocycles. The standard InChI is InChI=1S/C12H17FN2O2S/c1-15(11-2-3-18(16,17)8-11)12-5-9(7-14)4-10(13)6-12/h4-6,11H,2-3,7-8,14H2,1H3. The molecule has 0 aromatic heterocycles. The molecule has 100 valence electrons. The Labute approximate surface area is 107 Å². The fourth-order valence-electron chi connectivity index (χ4n) is 2.25. The maximum Gasteiger partial charge on any atom is 0.152 e. The predicted molar refractivity (Wildman–Crippen MR) is 69.8 cm³/mol. The quantitative estimate of drug-likeness (QED) is 0.888. The molecule has 1 unspecified atom stereocenters. The van der Waals surface area contributed by atoms with E-state index in [2.05, 4.69) is 0 Å². The summed E-state index contributed by atoms with van der Waals surface area (Å²) in [5.74, 6) is -0.000347. The maximum atomic E-state index is 13.4. The van der Waals surface area contributed by atoms with Gasteiger partial charge in [0, 0.05) is 25.3 Å². The lowest BCUT2D eigenvalue weighted by atomic mass is 10.1. The van der Waals surface area contributed by atoms with Crippen molar-refractivity contribution >= 4 is 15.5 Å². The topological polar surface area (TPSA) is 63.4 Å². The largest absolute Gasteiger partial charge is 0.370 e. The first-order valence-corrected chi connectivity index (χ1v) is 7.66. The molecule has 0 aliphatic carbocycles. The Morgan fingerprint density at radius 3 is 2.72 bits per heavy atom. The van der Waals surface area contributed by atoms with E-state index in [1.165, 1.54) is 12.1 Å². The van der Waals surface area contributed by atoms with Gasteiger partial charge in [-0.05, 0) is 30.2 Å². The molecule has 0 amide bonds. The van der Waals surface area contributed by atoms with E-state index in [1.54, 1.807) is 13.1 Å². The number of anilines is 1. The molecule has 1 atom stereocenters. The molecule has 2 rings (SSSR count). The Hall–Kier alpha value is -1.14. The highest BCUT2D eigenvalue weighted by Crippen LogP contribution is 2.24. The van der Waals surface area contributed by atoms with Gasteiger partial charge < -0.3 is 10.6 Å². The van der Waals surface area contributed by atoms with Gasteiger partial charge in [-0.15, -0.1) is 0 Å². The highest BCUT2D eigenvalue weighted by atomic mass is 32.2. The van der Waals surface area contributed by atoms with Crippen molar-refractivity contribution in [3.05, 3.63) is 29.6 Å². The molecular formula is C12H17FN2O2S. The van der Waals surface area contributed by atoms with Crippen molar-refractivity contribution in [3.63, 3.8) is 0 Å². The molecule has 1 heterocycles. The zero-order valence-electron chi connectivity index (χ0n) is 10.3. The van der Waals surface area contributed by atoms with E-state index in [-0.39, 0.29) is 29.9 Å². The summed E-state index contributed by atoms with van der Waals surface area (Å²) in [6.07, 6.45) is 0.591. The van der Waals surface area contributed by atoms with Gasteiger partial charge in [0.15, 0.2) is 9.84 Å². The van der Waals surface area contributed by atoms with E-state index in [0.29, 0.717) is 17.7 Å². The number of sulfone groups is 1. The number of nitrogens with zero attached hydrogens (tertiary/aromatic N) is 1. The lowest BCUT2D eigenvalue weighted by Gasteiger charge is -2.26. The molecular weight excluding hydrogens is 255 g/mol. The van der Waals surface area contributed by atoms with Gasteiger partial charge in [-0.1, -0.05) is 0 Å². The number of nitrogens with two attached hydrogens (primary N) is 1. The van der Waals surface area contributed by atoms with Gasteiger partial charge >= 0.3 is 0 Å². The van der Waals surface area contributed by atoms with E-state index in [1.807, 2.05) is 4.90 Å². The summed E-state index contributed by atoms with van der Waals surface area (Å²) in [6.45, 7) is 0.265. The molecule has 1 fully saturated rings. The second-order valence-corrected chi connectivity index (χ2v) is 6.92. The normalized spacial score (nSPS) is 22.1. The fourth-order valence-corrected chi connectivity index (χ4v) is 4.02. The highest BCUT2D eigenvalue weighted by Gasteiger charge is 2.30. The SMILES string of the molecule is CN(c1cc(F)cc(CN)c1)C1CCS(=O)(=O)C1. The molecule has 0 spiro atoms. The van der Waals surface area contributed by atoms with Crippen LogP contribution in [0.1, 0.15) is 12.0 Å². The van der Waals surface area contributed by atoms with Crippen molar-refractivity contribution < 1.29 is 12.8 Å². The van der Waals surface area contributed by atoms with E-state index in [0.717, 1.165) is 0 Å². The van der Waals surface area contributed by atoms with Gasteiger partial charge in [0.2, 0.25) is 0 Å². The number of benzene rings is 1. The first-order chi connectivity index (χ1) is 8.41. The van der Waals surface area contributed by atoms with Crippen molar-refractivity contribution in [1.29, 1.82) is 0 Å². The summed E-state index contributed by atoms with van der Waals surface area (Å²) in [5.41, 5.74) is 6.89. The van der Waals surface area contributed by atoms with Crippen LogP contribution in [0, 0.1) is 5.82 Å². The average molecular weight is 272 g/mol. The monoisotopic (exact) mass is 272 g/mol. The van der Waals surface area contributed by atoms with Crippen molar-refractivity contribution in [2.45, 2.75) is 19.0 Å². The van der Waals surface area contributed by atoms with Gasteiger partial charge in [-0.3, -0.25) is 0 Å². The van der Waals surface area contributed by atoms with Crippen LogP contribution in [-0.2, 0) is 16.4 Å². The molecule has 1 aliphatic rings. The van der Waals surface area contributed by atoms with E-state index in [9.17, 15) is 12.8 Å². The minimum Gasteiger partial charge on any atom is -0.370 e. The number of hydrogen-bond donors (Lipinski definition) is 1. The second kappa shape index (κ2) is 4.85. The molecule has 1 aliphatic heterocycles. The van der Waals surface area contributed by atoms with Crippen LogP contribution in [-0.4, -0.2) is 33.0 Å². The van der Waals surface area contributed by atoms with E-state index in [4.69, 9.17) is 5.73 Å². The van der Waals surface area contributed by atoms with Crippen LogP contribution in [0.15, 0.2) is 18.2 Å². The van der Waals surface area contributed by atoms with Gasteiger partial charge in [0.1, 0.15) is 5.82 Å². The summed E-state index contributed by atoms with van der Waals surface area (Å²) in [6, 6.07) is 4.52. The van der Waals surface area contributed by atoms with Gasteiger partial charge in [-0.2, -0.15) is 0 Å². The Morgan fingerprint density at radius 1 is 1.44 bits per heavy atom. The lowest BCUT2D eigenvalue weighted by molar-refractivity contribution is 0.600. The van der Waals surface area contributed by atoms with Crippen LogP contribution in [0.4, 0.5) is 10.1 Å². The number of hydrogen-bond acceptors (Lipinski definition) is 4. The van der Waals surface area contributed by atoms with Crippen LogP contribution in [0.3, 0.4) is 0 Å². The Balaban J connectivity index is 2.23. The molecule has 0 bridgehead atoms. The van der Waals surface area contributed by atoms with Crippen molar-refractivity contribution in [2.75, 3.05) is 23.5 Å². The van der Waals surface area contributed by atoms with Crippen molar-refractivity contribution in [1.82, 2.24) is 0 Å². The minimum atomic E-state index is -2.93. The van der Waals surface area contributed by atoms with Gasteiger partial charge in [0.25, 0.3) is 0 Å². The van der Waals surface area contributed by atoms with Crippen LogP contribution in [0.2, 0.25) is 0 Å². The molecule has 0 radical (unpaired) electrons. The number of halogens is 1. The molecule has 1 aromatic rings. The van der Waals surface area contributed by atoms with E-state index < -0.39 is 9.84 Å². The summed E-state index contributed by atoms with van der Waals surface area (Å²) in [5, 5.41) is 0. The zero-order chi connectivity index (χ0) is 13.3. The molecule has 1 saturated heterocycles. The van der Waals surface area contributed by atoms with Crippen molar-refractivity contribution in [2.24, 2.45) is 5.73 Å². The average Bonchev–Trinajstić information content (AvgIpc) is 2.67. The Kier molecular flexibility index (Phi) is 3.59. The fraction of sp³-hybridized carbons (Fsp3) is 0.500. The molecule has 4 nitrogen and oxygen atoms in total. The van der Waals surface area contributed by atoms with Gasteiger partial charge in [-0.25, -0.2) is 12.8 Å². The first kappa shape index (κ1) is 13.3. The highest BCUT2D eigenvalue weighted by molar-refractivity contribution is 7.91. The van der Waals surface area contributed by atoms with Crippen molar-refractivity contribution in [3.8, 4) is 0 Å². The first-order valence-electron chi connectivity index (χ1n) is 5.84. The van der Waals surface area contributed by atoms with Gasteiger partial charge in [0.05, 0.1) is 11.5 Å². The summed E-state index contributed by atoms with van der Waals surface area (Å²) in [4.78, 5) is 1.83. The Morgan fingerprint density at radius 2 is 2.17 bits per heavy atom. The molecule has 1 aromatic carbocycles. The summed E-state index contributed by atoms with van der Waals surface area (Å²) >= 11 is 0. The smallest absolute Gasteiger partial charge is 0.152 e. The summed E-state index contributed by atoms with van der Waals surface area (Å²) in [7, 11) is -1.14. The Bertz CT molecular complexity index is 545. The minimum absolute atomic E-state index is 0.0811. The van der Waals surface area contributed by atoms with Crippen LogP contribution >= 0.6 is 0 Å². The predicted octanol–water partition coefficient (Wildman–Crippen LogP) is 0.908. The molecule has 6 heteroatoms. The maximum absolute atomic E-state index is 13.4. The third kappa shape index (κ3) is 2.81. The lowest BCUT2D eigenvalue weighted by Crippen LogP contribution is -2.32. The van der Waals surface area contributed by atoms with E-state index >= 15 is 0 Å². The van der Waals surface area contributed by atoms with Crippen LogP contribution in [0.5, 0.6) is 0 Å². The molecule has 18 heavy (non-hydrogen) atoms. The molecule has 2 N–H and O–H groups in total. The second-order valence-electron chi connectivity index (χ2n) is 4.69.